The summed E-state index contributed by atoms with van der Waals surface area (Å²) in [7, 11) is 0. The molecule has 1 saturated carbocycles. The van der Waals surface area contributed by atoms with Gasteiger partial charge in [0.25, 0.3) is 0 Å². The average Bonchev–Trinajstić information content (AvgIpc) is 2.84. The molecular weight excluding hydrogens is 265 g/mol. The largest absolute Gasteiger partial charge is 0.398 e. The number of hydrogen-bond donors (Lipinski definition) is 2. The SMILES string of the molecule is CCC1CCC(Nc2c(F)cc(N)c3cccnc23)C1C. The molecule has 1 heterocycles. The van der Waals surface area contributed by atoms with Crippen LogP contribution in [0.4, 0.5) is 15.8 Å². The molecule has 1 aromatic heterocycles. The van der Waals surface area contributed by atoms with Crippen LogP contribution < -0.4 is 11.1 Å². The van der Waals surface area contributed by atoms with E-state index in [4.69, 9.17) is 5.73 Å². The molecule has 0 amide bonds. The van der Waals surface area contributed by atoms with Crippen LogP contribution in [0.5, 0.6) is 0 Å². The van der Waals surface area contributed by atoms with Crippen molar-refractivity contribution in [3.63, 3.8) is 0 Å². The molecule has 0 spiro atoms. The van der Waals surface area contributed by atoms with Gasteiger partial charge in [-0.25, -0.2) is 4.39 Å². The van der Waals surface area contributed by atoms with E-state index in [2.05, 4.69) is 24.1 Å². The first-order valence-electron chi connectivity index (χ1n) is 7.71. The molecular formula is C17H22FN3. The molecule has 3 atom stereocenters. The third kappa shape index (κ3) is 2.43. The molecule has 4 heteroatoms. The summed E-state index contributed by atoms with van der Waals surface area (Å²) in [5, 5.41) is 4.21. The smallest absolute Gasteiger partial charge is 0.150 e. The van der Waals surface area contributed by atoms with Crippen molar-refractivity contribution in [2.45, 2.75) is 39.2 Å². The number of nitrogens with one attached hydrogen (secondary N) is 1. The number of benzene rings is 1. The van der Waals surface area contributed by atoms with Gasteiger partial charge in [-0.1, -0.05) is 20.3 Å². The van der Waals surface area contributed by atoms with E-state index in [0.717, 1.165) is 17.7 Å². The Labute approximate surface area is 124 Å². The van der Waals surface area contributed by atoms with E-state index in [0.29, 0.717) is 28.9 Å². The van der Waals surface area contributed by atoms with Gasteiger partial charge in [0.15, 0.2) is 5.82 Å². The van der Waals surface area contributed by atoms with Crippen LogP contribution in [0.15, 0.2) is 24.4 Å². The lowest BCUT2D eigenvalue weighted by Crippen LogP contribution is -2.25. The van der Waals surface area contributed by atoms with Gasteiger partial charge in [-0.15, -0.1) is 0 Å². The van der Waals surface area contributed by atoms with Gasteiger partial charge in [0.05, 0.1) is 11.2 Å². The third-order valence-corrected chi connectivity index (χ3v) is 4.96. The minimum Gasteiger partial charge on any atom is -0.398 e. The molecule has 0 bridgehead atoms. The summed E-state index contributed by atoms with van der Waals surface area (Å²) < 4.78 is 14.4. The maximum absolute atomic E-state index is 14.4. The zero-order valence-corrected chi connectivity index (χ0v) is 12.6. The van der Waals surface area contributed by atoms with Gasteiger partial charge < -0.3 is 11.1 Å². The number of anilines is 2. The molecule has 0 radical (unpaired) electrons. The van der Waals surface area contributed by atoms with E-state index in [1.54, 1.807) is 6.20 Å². The quantitative estimate of drug-likeness (QED) is 0.832. The van der Waals surface area contributed by atoms with Crippen molar-refractivity contribution in [3.05, 3.63) is 30.2 Å². The van der Waals surface area contributed by atoms with E-state index in [9.17, 15) is 4.39 Å². The van der Waals surface area contributed by atoms with E-state index in [1.807, 2.05) is 12.1 Å². The van der Waals surface area contributed by atoms with Gasteiger partial charge in [-0.3, -0.25) is 4.98 Å². The molecule has 1 fully saturated rings. The van der Waals surface area contributed by atoms with Crippen LogP contribution in [-0.2, 0) is 0 Å². The number of aromatic nitrogens is 1. The first kappa shape index (κ1) is 14.1. The predicted molar refractivity (Wildman–Crippen MR) is 85.7 cm³/mol. The average molecular weight is 287 g/mol. The highest BCUT2D eigenvalue weighted by Crippen LogP contribution is 2.38. The van der Waals surface area contributed by atoms with Crippen LogP contribution in [0.1, 0.15) is 33.1 Å². The zero-order valence-electron chi connectivity index (χ0n) is 12.6. The topological polar surface area (TPSA) is 50.9 Å². The number of nitrogens with zero attached hydrogens (tertiary/aromatic N) is 1. The van der Waals surface area contributed by atoms with Gasteiger partial charge in [0, 0.05) is 23.3 Å². The Balaban J connectivity index is 1.98. The molecule has 3 unspecified atom stereocenters. The number of fused-ring (bicyclic) bond motifs is 1. The van der Waals surface area contributed by atoms with Crippen molar-refractivity contribution in [1.29, 1.82) is 0 Å². The molecule has 0 saturated heterocycles. The highest BCUT2D eigenvalue weighted by atomic mass is 19.1. The number of rotatable bonds is 3. The standard InChI is InChI=1S/C17H22FN3/c1-3-11-6-7-15(10(11)2)21-17-13(18)9-14(19)12-5-4-8-20-16(12)17/h4-5,8-11,15,21H,3,6-7,19H2,1-2H3. The van der Waals surface area contributed by atoms with Gasteiger partial charge in [-0.2, -0.15) is 0 Å². The molecule has 1 aliphatic carbocycles. The summed E-state index contributed by atoms with van der Waals surface area (Å²) in [6, 6.07) is 5.41. The lowest BCUT2D eigenvalue weighted by molar-refractivity contribution is 0.391. The summed E-state index contributed by atoms with van der Waals surface area (Å²) in [6.45, 7) is 4.48. The van der Waals surface area contributed by atoms with E-state index < -0.39 is 0 Å². The van der Waals surface area contributed by atoms with Gasteiger partial charge in [0.1, 0.15) is 0 Å². The highest BCUT2D eigenvalue weighted by molar-refractivity contribution is 5.98. The first-order chi connectivity index (χ1) is 10.1. The van der Waals surface area contributed by atoms with Crippen molar-refractivity contribution in [2.75, 3.05) is 11.1 Å². The molecule has 1 aromatic carbocycles. The Kier molecular flexibility index (Phi) is 3.70. The number of nitrogens with two attached hydrogens (primary N) is 1. The summed E-state index contributed by atoms with van der Waals surface area (Å²) in [6.07, 6.45) is 5.15. The number of halogens is 1. The second-order valence-corrected chi connectivity index (χ2v) is 6.08. The third-order valence-electron chi connectivity index (χ3n) is 4.96. The number of nitrogen functional groups attached to an aromatic ring is 1. The van der Waals surface area contributed by atoms with Crippen molar-refractivity contribution in [3.8, 4) is 0 Å². The number of pyridine rings is 1. The van der Waals surface area contributed by atoms with Crippen LogP contribution in [0.2, 0.25) is 0 Å². The maximum Gasteiger partial charge on any atom is 0.150 e. The molecule has 3 nitrogen and oxygen atoms in total. The van der Waals surface area contributed by atoms with E-state index in [1.165, 1.54) is 18.9 Å². The first-order valence-corrected chi connectivity index (χ1v) is 7.71. The van der Waals surface area contributed by atoms with Crippen molar-refractivity contribution in [2.24, 2.45) is 11.8 Å². The Morgan fingerprint density at radius 2 is 2.24 bits per heavy atom. The van der Waals surface area contributed by atoms with E-state index in [-0.39, 0.29) is 5.82 Å². The van der Waals surface area contributed by atoms with Crippen LogP contribution >= 0.6 is 0 Å². The molecule has 1 aliphatic rings. The zero-order chi connectivity index (χ0) is 15.0. The molecule has 3 N–H and O–H groups in total. The fraction of sp³-hybridized carbons (Fsp3) is 0.471. The molecule has 112 valence electrons. The summed E-state index contributed by atoms with van der Waals surface area (Å²) >= 11 is 0. The van der Waals surface area contributed by atoms with Gasteiger partial charge in [0.2, 0.25) is 0 Å². The van der Waals surface area contributed by atoms with Crippen LogP contribution in [0.25, 0.3) is 10.9 Å². The molecule has 3 rings (SSSR count). The summed E-state index contributed by atoms with van der Waals surface area (Å²) in [5.41, 5.74) is 7.46. The predicted octanol–water partition coefficient (Wildman–Crippen LogP) is 4.19. The summed E-state index contributed by atoms with van der Waals surface area (Å²) in [5.74, 6) is 0.954. The lowest BCUT2D eigenvalue weighted by atomic mass is 9.93. The second-order valence-electron chi connectivity index (χ2n) is 6.08. The van der Waals surface area contributed by atoms with Crippen LogP contribution in [0, 0.1) is 17.7 Å². The second kappa shape index (κ2) is 5.51. The van der Waals surface area contributed by atoms with Crippen molar-refractivity contribution < 1.29 is 4.39 Å². The van der Waals surface area contributed by atoms with Crippen LogP contribution in [-0.4, -0.2) is 11.0 Å². The minimum absolute atomic E-state index is 0.304. The Morgan fingerprint density at radius 1 is 1.43 bits per heavy atom. The monoisotopic (exact) mass is 287 g/mol. The summed E-state index contributed by atoms with van der Waals surface area (Å²) in [4.78, 5) is 4.33. The molecule has 0 aliphatic heterocycles. The maximum atomic E-state index is 14.4. The Bertz CT molecular complexity index is 656. The molecule has 21 heavy (non-hydrogen) atoms. The fourth-order valence-electron chi connectivity index (χ4n) is 3.59. The lowest BCUT2D eigenvalue weighted by Gasteiger charge is -2.23. The normalized spacial score (nSPS) is 25.4. The highest BCUT2D eigenvalue weighted by Gasteiger charge is 2.32. The van der Waals surface area contributed by atoms with Gasteiger partial charge in [-0.05, 0) is 42.9 Å². The Morgan fingerprint density at radius 3 is 2.95 bits per heavy atom. The molecule has 2 aromatic rings. The number of hydrogen-bond acceptors (Lipinski definition) is 3. The van der Waals surface area contributed by atoms with Crippen LogP contribution in [0.3, 0.4) is 0 Å². The fourth-order valence-corrected chi connectivity index (χ4v) is 3.59. The Hall–Kier alpha value is -1.84. The minimum atomic E-state index is -0.314. The van der Waals surface area contributed by atoms with Crippen molar-refractivity contribution in [1.82, 2.24) is 4.98 Å². The van der Waals surface area contributed by atoms with Crippen molar-refractivity contribution >= 4 is 22.3 Å². The van der Waals surface area contributed by atoms with E-state index >= 15 is 0 Å². The van der Waals surface area contributed by atoms with Gasteiger partial charge >= 0.3 is 0 Å².